The number of nitrogens with one attached hydrogen (secondary N) is 2. The van der Waals surface area contributed by atoms with Crippen LogP contribution in [0.2, 0.25) is 0 Å². The van der Waals surface area contributed by atoms with Gasteiger partial charge in [0.15, 0.2) is 5.79 Å². The number of hydrogen-bond donors (Lipinski definition) is 3. The van der Waals surface area contributed by atoms with Gasteiger partial charge < -0.3 is 20.5 Å². The fraction of sp³-hybridized carbons (Fsp3) is 0.840. The molecule has 3 N–H and O–H groups in total. The van der Waals surface area contributed by atoms with Gasteiger partial charge in [-0.25, -0.2) is 0 Å². The molecule has 0 aromatic heterocycles. The van der Waals surface area contributed by atoms with Crippen LogP contribution in [-0.2, 0) is 23.9 Å². The molecule has 194 valence electrons. The molecule has 1 unspecified atom stereocenters. The molecular formula is C25H43N3O6. The minimum atomic E-state index is -1.24. The van der Waals surface area contributed by atoms with Crippen molar-refractivity contribution in [2.45, 2.75) is 91.3 Å². The van der Waals surface area contributed by atoms with Gasteiger partial charge in [0.05, 0.1) is 12.5 Å². The van der Waals surface area contributed by atoms with Crippen molar-refractivity contribution in [1.29, 1.82) is 0 Å². The lowest BCUT2D eigenvalue weighted by Crippen LogP contribution is -2.36. The van der Waals surface area contributed by atoms with Gasteiger partial charge in [0.25, 0.3) is 0 Å². The minimum absolute atomic E-state index is 0.0122. The first-order valence-electron chi connectivity index (χ1n) is 12.6. The van der Waals surface area contributed by atoms with E-state index in [1.54, 1.807) is 13.8 Å². The third kappa shape index (κ3) is 9.70. The fourth-order valence-electron chi connectivity index (χ4n) is 4.28. The van der Waals surface area contributed by atoms with Crippen LogP contribution in [0.5, 0.6) is 0 Å². The van der Waals surface area contributed by atoms with Gasteiger partial charge >= 0.3 is 0 Å². The molecule has 2 rings (SSSR count). The Kier molecular flexibility index (Phi) is 10.5. The molecule has 2 fully saturated rings. The fourth-order valence-corrected chi connectivity index (χ4v) is 4.28. The molecule has 9 nitrogen and oxygen atoms in total. The summed E-state index contributed by atoms with van der Waals surface area (Å²) in [6, 6.07) is 0. The highest BCUT2D eigenvalue weighted by Crippen LogP contribution is 2.39. The summed E-state index contributed by atoms with van der Waals surface area (Å²) in [6.07, 6.45) is 6.45. The maximum atomic E-state index is 12.5. The number of carbonyl (C=O) groups excluding carboxylic acids is 4. The third-order valence-corrected chi connectivity index (χ3v) is 6.51. The summed E-state index contributed by atoms with van der Waals surface area (Å²) in [6.45, 7) is 8.35. The minimum Gasteiger partial charge on any atom is -0.366 e. The summed E-state index contributed by atoms with van der Waals surface area (Å²) in [7, 11) is 0. The van der Waals surface area contributed by atoms with E-state index in [2.05, 4.69) is 10.6 Å². The number of likely N-dealkylation sites (tertiary alicyclic amines) is 1. The lowest BCUT2D eigenvalue weighted by atomic mass is 9.75. The van der Waals surface area contributed by atoms with Crippen LogP contribution in [-0.4, -0.2) is 65.7 Å². The second kappa shape index (κ2) is 12.6. The summed E-state index contributed by atoms with van der Waals surface area (Å²) in [5, 5.41) is 15.2. The van der Waals surface area contributed by atoms with Crippen LogP contribution in [0.4, 0.5) is 0 Å². The predicted molar refractivity (Wildman–Crippen MR) is 127 cm³/mol. The largest absolute Gasteiger partial charge is 0.366 e. The SMILES string of the molecule is CC(C)(COC(C)(C)O)CC(=O)NCCC(=O)NCCCCCN1C(=O)CC(C2CCC2)C1=O. The van der Waals surface area contributed by atoms with Crippen molar-refractivity contribution in [2.75, 3.05) is 26.2 Å². The van der Waals surface area contributed by atoms with E-state index in [1.807, 2.05) is 13.8 Å². The van der Waals surface area contributed by atoms with Crippen molar-refractivity contribution in [3.8, 4) is 0 Å². The van der Waals surface area contributed by atoms with Crippen LogP contribution in [0.3, 0.4) is 0 Å². The number of ether oxygens (including phenoxy) is 1. The van der Waals surface area contributed by atoms with Gasteiger partial charge in [0.2, 0.25) is 23.6 Å². The monoisotopic (exact) mass is 481 g/mol. The zero-order chi connectivity index (χ0) is 25.4. The topological polar surface area (TPSA) is 125 Å². The molecule has 0 spiro atoms. The van der Waals surface area contributed by atoms with Crippen molar-refractivity contribution >= 4 is 23.6 Å². The zero-order valence-electron chi connectivity index (χ0n) is 21.3. The number of amides is 4. The number of carbonyl (C=O) groups is 4. The van der Waals surface area contributed by atoms with E-state index >= 15 is 0 Å². The van der Waals surface area contributed by atoms with Crippen LogP contribution in [0.25, 0.3) is 0 Å². The number of hydrogen-bond acceptors (Lipinski definition) is 6. The lowest BCUT2D eigenvalue weighted by molar-refractivity contribution is -0.192. The van der Waals surface area contributed by atoms with Crippen LogP contribution < -0.4 is 10.6 Å². The maximum Gasteiger partial charge on any atom is 0.233 e. The van der Waals surface area contributed by atoms with Gasteiger partial charge in [0.1, 0.15) is 0 Å². The average molecular weight is 482 g/mol. The first kappa shape index (κ1) is 28.2. The molecule has 34 heavy (non-hydrogen) atoms. The molecule has 0 aromatic rings. The first-order valence-corrected chi connectivity index (χ1v) is 12.6. The standard InChI is InChI=1S/C25H43N3O6/c1-24(2,17-34-25(3,4)33)16-21(30)27-13-11-20(29)26-12-6-5-7-14-28-22(31)15-19(23(28)32)18-9-8-10-18/h18-19,33H,5-17H2,1-4H3,(H,26,29)(H,27,30). The molecule has 2 aliphatic rings. The molecule has 1 saturated heterocycles. The molecule has 1 atom stereocenters. The molecule has 1 aliphatic heterocycles. The number of aliphatic hydroxyl groups is 1. The van der Waals surface area contributed by atoms with Crippen LogP contribution in [0, 0.1) is 17.3 Å². The Morgan fingerprint density at radius 2 is 1.71 bits per heavy atom. The third-order valence-electron chi connectivity index (χ3n) is 6.51. The van der Waals surface area contributed by atoms with Crippen molar-refractivity contribution in [1.82, 2.24) is 15.5 Å². The van der Waals surface area contributed by atoms with Gasteiger partial charge in [-0.05, 0) is 57.3 Å². The number of imide groups is 1. The van der Waals surface area contributed by atoms with E-state index < -0.39 is 11.2 Å². The van der Waals surface area contributed by atoms with Gasteiger partial charge in [-0.3, -0.25) is 24.1 Å². The van der Waals surface area contributed by atoms with Gasteiger partial charge in [-0.1, -0.05) is 20.3 Å². The molecular weight excluding hydrogens is 438 g/mol. The average Bonchev–Trinajstić information content (AvgIpc) is 2.94. The molecule has 4 amide bonds. The van der Waals surface area contributed by atoms with Crippen LogP contribution >= 0.6 is 0 Å². The quantitative estimate of drug-likeness (QED) is 0.187. The summed E-state index contributed by atoms with van der Waals surface area (Å²) in [5.41, 5.74) is -0.436. The van der Waals surface area contributed by atoms with E-state index in [4.69, 9.17) is 4.74 Å². The van der Waals surface area contributed by atoms with E-state index in [0.717, 1.165) is 32.1 Å². The summed E-state index contributed by atoms with van der Waals surface area (Å²) >= 11 is 0. The van der Waals surface area contributed by atoms with Gasteiger partial charge in [-0.15, -0.1) is 0 Å². The normalized spacial score (nSPS) is 19.3. The second-order valence-corrected chi connectivity index (χ2v) is 11.0. The van der Waals surface area contributed by atoms with E-state index in [9.17, 15) is 24.3 Å². The highest BCUT2D eigenvalue weighted by Gasteiger charge is 2.43. The Morgan fingerprint density at radius 3 is 2.32 bits per heavy atom. The number of rotatable bonds is 15. The maximum absolute atomic E-state index is 12.5. The highest BCUT2D eigenvalue weighted by atomic mass is 16.6. The van der Waals surface area contributed by atoms with Crippen molar-refractivity contribution < 1.29 is 29.0 Å². The summed E-state index contributed by atoms with van der Waals surface area (Å²) < 4.78 is 5.35. The molecule has 0 aromatic carbocycles. The van der Waals surface area contributed by atoms with Crippen LogP contribution in [0.1, 0.15) is 85.5 Å². The van der Waals surface area contributed by atoms with Crippen LogP contribution in [0.15, 0.2) is 0 Å². The van der Waals surface area contributed by atoms with E-state index in [0.29, 0.717) is 25.4 Å². The first-order chi connectivity index (χ1) is 15.9. The Hall–Kier alpha value is -2.00. The molecule has 0 bridgehead atoms. The van der Waals surface area contributed by atoms with Crippen molar-refractivity contribution in [3.05, 3.63) is 0 Å². The predicted octanol–water partition coefficient (Wildman–Crippen LogP) is 2.12. The Balaban J connectivity index is 1.50. The second-order valence-electron chi connectivity index (χ2n) is 11.0. The smallest absolute Gasteiger partial charge is 0.233 e. The molecule has 0 radical (unpaired) electrons. The van der Waals surface area contributed by atoms with Crippen molar-refractivity contribution in [2.24, 2.45) is 17.3 Å². The Labute approximate surface area is 203 Å². The lowest BCUT2D eigenvalue weighted by Gasteiger charge is -2.29. The summed E-state index contributed by atoms with van der Waals surface area (Å²) in [5.74, 6) is -1.24. The molecule has 1 aliphatic carbocycles. The van der Waals surface area contributed by atoms with E-state index in [-0.39, 0.29) is 55.5 Å². The molecule has 9 heteroatoms. The zero-order valence-corrected chi connectivity index (χ0v) is 21.3. The number of nitrogens with zero attached hydrogens (tertiary/aromatic N) is 1. The van der Waals surface area contributed by atoms with Crippen molar-refractivity contribution in [3.63, 3.8) is 0 Å². The van der Waals surface area contributed by atoms with E-state index in [1.165, 1.54) is 11.3 Å². The number of unbranched alkanes of at least 4 members (excludes halogenated alkanes) is 2. The molecule has 1 saturated carbocycles. The van der Waals surface area contributed by atoms with Gasteiger partial charge in [0, 0.05) is 38.9 Å². The Bertz CT molecular complexity index is 727. The highest BCUT2D eigenvalue weighted by molar-refractivity contribution is 6.03. The Morgan fingerprint density at radius 1 is 1.03 bits per heavy atom. The molecule has 1 heterocycles. The van der Waals surface area contributed by atoms with Gasteiger partial charge in [-0.2, -0.15) is 0 Å². The summed E-state index contributed by atoms with van der Waals surface area (Å²) in [4.78, 5) is 50.1.